The van der Waals surface area contributed by atoms with Gasteiger partial charge in [-0.15, -0.1) is 0 Å². The van der Waals surface area contributed by atoms with Crippen molar-refractivity contribution in [1.29, 1.82) is 0 Å². The van der Waals surface area contributed by atoms with Crippen LogP contribution in [0.25, 0.3) is 0 Å². The highest BCUT2D eigenvalue weighted by Crippen LogP contribution is 2.18. The van der Waals surface area contributed by atoms with Crippen molar-refractivity contribution in [3.05, 3.63) is 18.0 Å². The molecule has 1 aliphatic rings. The molecule has 1 aliphatic heterocycles. The minimum absolute atomic E-state index is 0.00374. The Kier molecular flexibility index (Phi) is 4.49. The molecule has 100 valence electrons. The molecule has 0 radical (unpaired) electrons. The third-order valence-electron chi connectivity index (χ3n) is 3.61. The molecule has 1 fully saturated rings. The van der Waals surface area contributed by atoms with Crippen LogP contribution in [0.1, 0.15) is 25.3 Å². The topological polar surface area (TPSA) is 52.5 Å². The highest BCUT2D eigenvalue weighted by Gasteiger charge is 2.24. The summed E-state index contributed by atoms with van der Waals surface area (Å²) in [7, 11) is 2.03. The summed E-state index contributed by atoms with van der Waals surface area (Å²) >= 11 is 0. The molecule has 2 rings (SSSR count). The van der Waals surface area contributed by atoms with E-state index in [4.69, 9.17) is 5.11 Å². The average Bonchev–Trinajstić information content (AvgIpc) is 2.86. The van der Waals surface area contributed by atoms with E-state index in [-0.39, 0.29) is 6.61 Å². The van der Waals surface area contributed by atoms with E-state index in [1.165, 1.54) is 19.4 Å². The molecule has 18 heavy (non-hydrogen) atoms. The van der Waals surface area contributed by atoms with Crippen molar-refractivity contribution in [1.82, 2.24) is 14.9 Å². The van der Waals surface area contributed by atoms with Gasteiger partial charge in [0.1, 0.15) is 0 Å². The monoisotopic (exact) mass is 250 g/mol. The highest BCUT2D eigenvalue weighted by atomic mass is 16.3. The first-order chi connectivity index (χ1) is 8.74. The lowest BCUT2D eigenvalue weighted by atomic mass is 10.2. The number of likely N-dealkylation sites (tertiary alicyclic amines) is 1. The predicted octanol–water partition coefficient (Wildman–Crippen LogP) is 0.889. The average molecular weight is 250 g/mol. The lowest BCUT2D eigenvalue weighted by Gasteiger charge is -2.27. The Morgan fingerprint density at radius 3 is 2.78 bits per heavy atom. The number of anilines is 1. The van der Waals surface area contributed by atoms with Gasteiger partial charge in [-0.05, 0) is 25.9 Å². The molecule has 0 aromatic carbocycles. The molecule has 1 aromatic heterocycles. The summed E-state index contributed by atoms with van der Waals surface area (Å²) in [6, 6.07) is 0.612. The van der Waals surface area contributed by atoms with Crippen molar-refractivity contribution in [3.63, 3.8) is 0 Å². The first-order valence-corrected chi connectivity index (χ1v) is 6.61. The number of rotatable bonds is 5. The molecule has 1 atom stereocenters. The van der Waals surface area contributed by atoms with Crippen LogP contribution in [-0.4, -0.2) is 52.7 Å². The van der Waals surface area contributed by atoms with E-state index in [9.17, 15) is 0 Å². The van der Waals surface area contributed by atoms with Gasteiger partial charge in [-0.1, -0.05) is 6.92 Å². The first kappa shape index (κ1) is 13.2. The Morgan fingerprint density at radius 2 is 2.17 bits per heavy atom. The Bertz CT molecular complexity index is 368. The van der Waals surface area contributed by atoms with E-state index in [0.717, 1.165) is 24.6 Å². The van der Waals surface area contributed by atoms with Crippen LogP contribution in [0.3, 0.4) is 0 Å². The van der Waals surface area contributed by atoms with Gasteiger partial charge in [0.25, 0.3) is 0 Å². The van der Waals surface area contributed by atoms with Crippen molar-refractivity contribution in [2.45, 2.75) is 32.4 Å². The van der Waals surface area contributed by atoms with E-state index < -0.39 is 0 Å². The fraction of sp³-hybridized carbons (Fsp3) is 0.692. The van der Waals surface area contributed by atoms with Crippen molar-refractivity contribution >= 4 is 5.95 Å². The maximum atomic E-state index is 8.96. The number of hydrogen-bond donors (Lipinski definition) is 1. The summed E-state index contributed by atoms with van der Waals surface area (Å²) in [6.07, 6.45) is 5.92. The second-order valence-electron chi connectivity index (χ2n) is 4.85. The standard InChI is InChI=1S/C13H22N4O/c1-3-17-6-4-5-12(17)9-16(2)13-14-7-11(10-18)8-15-13/h7-8,12,18H,3-6,9-10H2,1-2H3. The largest absolute Gasteiger partial charge is 0.392 e. The summed E-state index contributed by atoms with van der Waals surface area (Å²) in [5.41, 5.74) is 0.753. The van der Waals surface area contributed by atoms with Crippen LogP contribution in [-0.2, 0) is 6.61 Å². The Hall–Kier alpha value is -1.20. The quantitative estimate of drug-likeness (QED) is 0.841. The third-order valence-corrected chi connectivity index (χ3v) is 3.61. The van der Waals surface area contributed by atoms with Gasteiger partial charge in [0, 0.05) is 37.6 Å². The van der Waals surface area contributed by atoms with Crippen LogP contribution in [0.2, 0.25) is 0 Å². The number of aliphatic hydroxyl groups excluding tert-OH is 1. The molecule has 0 aliphatic carbocycles. The number of aromatic nitrogens is 2. The van der Waals surface area contributed by atoms with Gasteiger partial charge in [-0.2, -0.15) is 0 Å². The van der Waals surface area contributed by atoms with Gasteiger partial charge in [-0.25, -0.2) is 9.97 Å². The minimum atomic E-state index is -0.00374. The zero-order chi connectivity index (χ0) is 13.0. The summed E-state index contributed by atoms with van der Waals surface area (Å²) in [5, 5.41) is 8.96. The highest BCUT2D eigenvalue weighted by molar-refractivity contribution is 5.28. The first-order valence-electron chi connectivity index (χ1n) is 6.61. The summed E-state index contributed by atoms with van der Waals surface area (Å²) in [4.78, 5) is 13.2. The molecular weight excluding hydrogens is 228 g/mol. The summed E-state index contributed by atoms with van der Waals surface area (Å²) in [5.74, 6) is 0.732. The molecule has 1 aromatic rings. The molecule has 0 bridgehead atoms. The number of hydrogen-bond acceptors (Lipinski definition) is 5. The van der Waals surface area contributed by atoms with Crippen LogP contribution < -0.4 is 4.90 Å². The minimum Gasteiger partial charge on any atom is -0.392 e. The molecular formula is C13H22N4O. The van der Waals surface area contributed by atoms with Crippen molar-refractivity contribution in [2.75, 3.05) is 31.6 Å². The Balaban J connectivity index is 1.95. The van der Waals surface area contributed by atoms with E-state index >= 15 is 0 Å². The zero-order valence-electron chi connectivity index (χ0n) is 11.2. The third kappa shape index (κ3) is 2.97. The fourth-order valence-corrected chi connectivity index (χ4v) is 2.54. The van der Waals surface area contributed by atoms with E-state index in [1.54, 1.807) is 12.4 Å². The molecule has 1 unspecified atom stereocenters. The lowest BCUT2D eigenvalue weighted by Crippen LogP contribution is -2.39. The maximum Gasteiger partial charge on any atom is 0.225 e. The van der Waals surface area contributed by atoms with Gasteiger partial charge in [0.15, 0.2) is 0 Å². The van der Waals surface area contributed by atoms with Crippen molar-refractivity contribution < 1.29 is 5.11 Å². The smallest absolute Gasteiger partial charge is 0.225 e. The van der Waals surface area contributed by atoms with Gasteiger partial charge in [0.05, 0.1) is 6.61 Å². The van der Waals surface area contributed by atoms with Crippen LogP contribution in [0, 0.1) is 0 Å². The predicted molar refractivity (Wildman–Crippen MR) is 71.5 cm³/mol. The van der Waals surface area contributed by atoms with Crippen LogP contribution in [0.4, 0.5) is 5.95 Å². The second kappa shape index (κ2) is 6.11. The molecule has 1 N–H and O–H groups in total. The van der Waals surface area contributed by atoms with Crippen LogP contribution >= 0.6 is 0 Å². The molecule has 2 heterocycles. The van der Waals surface area contributed by atoms with E-state index in [1.807, 2.05) is 7.05 Å². The lowest BCUT2D eigenvalue weighted by molar-refractivity contribution is 0.270. The van der Waals surface area contributed by atoms with Crippen LogP contribution in [0.15, 0.2) is 12.4 Å². The summed E-state index contributed by atoms with van der Waals surface area (Å²) in [6.45, 7) is 5.50. The molecule has 5 heteroatoms. The van der Waals surface area contributed by atoms with E-state index in [2.05, 4.69) is 26.7 Å². The summed E-state index contributed by atoms with van der Waals surface area (Å²) < 4.78 is 0. The Labute approximate surface area is 108 Å². The van der Waals surface area contributed by atoms with Gasteiger partial charge < -0.3 is 10.0 Å². The van der Waals surface area contributed by atoms with Gasteiger partial charge in [-0.3, -0.25) is 4.90 Å². The zero-order valence-corrected chi connectivity index (χ0v) is 11.2. The fourth-order valence-electron chi connectivity index (χ4n) is 2.54. The van der Waals surface area contributed by atoms with E-state index in [0.29, 0.717) is 6.04 Å². The van der Waals surface area contributed by atoms with Crippen molar-refractivity contribution in [3.8, 4) is 0 Å². The second-order valence-corrected chi connectivity index (χ2v) is 4.85. The maximum absolute atomic E-state index is 8.96. The molecule has 0 spiro atoms. The normalized spacial score (nSPS) is 20.3. The Morgan fingerprint density at radius 1 is 1.44 bits per heavy atom. The van der Waals surface area contributed by atoms with Crippen molar-refractivity contribution in [2.24, 2.45) is 0 Å². The SMILES string of the molecule is CCN1CCCC1CN(C)c1ncc(CO)cn1. The number of likely N-dealkylation sites (N-methyl/N-ethyl adjacent to an activating group) is 2. The number of aliphatic hydroxyl groups is 1. The van der Waals surface area contributed by atoms with Gasteiger partial charge in [0.2, 0.25) is 5.95 Å². The molecule has 0 amide bonds. The van der Waals surface area contributed by atoms with Crippen LogP contribution in [0.5, 0.6) is 0 Å². The molecule has 0 saturated carbocycles. The molecule has 5 nitrogen and oxygen atoms in total. The number of nitrogens with zero attached hydrogens (tertiary/aromatic N) is 4. The molecule has 1 saturated heterocycles. The van der Waals surface area contributed by atoms with Gasteiger partial charge >= 0.3 is 0 Å².